The topological polar surface area (TPSA) is 67.4 Å². The largest absolute Gasteiger partial charge is 0.497 e. The van der Waals surface area contributed by atoms with Crippen molar-refractivity contribution in [2.45, 2.75) is 37.8 Å². The van der Waals surface area contributed by atoms with Crippen molar-refractivity contribution in [1.82, 2.24) is 10.6 Å². The molecular weight excluding hydrogens is 280 g/mol. The van der Waals surface area contributed by atoms with Gasteiger partial charge < -0.3 is 15.4 Å². The fourth-order valence-electron chi connectivity index (χ4n) is 2.08. The molecule has 0 aromatic heterocycles. The zero-order chi connectivity index (χ0) is 15.5. The van der Waals surface area contributed by atoms with E-state index in [4.69, 9.17) is 4.74 Å². The van der Waals surface area contributed by atoms with Crippen molar-refractivity contribution in [2.75, 3.05) is 7.11 Å². The molecule has 2 aliphatic carbocycles. The summed E-state index contributed by atoms with van der Waals surface area (Å²) in [4.78, 5) is 24.5. The van der Waals surface area contributed by atoms with E-state index in [0.29, 0.717) is 23.1 Å². The third kappa shape index (κ3) is 3.87. The monoisotopic (exact) mass is 300 g/mol. The maximum Gasteiger partial charge on any atom is 0.267 e. The Morgan fingerprint density at radius 2 is 1.64 bits per heavy atom. The molecule has 116 valence electrons. The van der Waals surface area contributed by atoms with Crippen molar-refractivity contribution in [2.24, 2.45) is 0 Å². The number of hydrogen-bond donors (Lipinski definition) is 2. The third-order valence-corrected chi connectivity index (χ3v) is 3.74. The van der Waals surface area contributed by atoms with E-state index in [1.807, 2.05) is 0 Å². The van der Waals surface area contributed by atoms with E-state index in [-0.39, 0.29) is 17.7 Å². The summed E-state index contributed by atoms with van der Waals surface area (Å²) < 4.78 is 5.08. The van der Waals surface area contributed by atoms with Gasteiger partial charge in [-0.3, -0.25) is 9.59 Å². The SMILES string of the molecule is COc1ccc(C(=O)/C=C(/NC2CC2)C(=O)NC2CC2)cc1. The lowest BCUT2D eigenvalue weighted by Gasteiger charge is -2.10. The normalized spacial score (nSPS) is 17.8. The fraction of sp³-hybridized carbons (Fsp3) is 0.412. The predicted molar refractivity (Wildman–Crippen MR) is 82.7 cm³/mol. The summed E-state index contributed by atoms with van der Waals surface area (Å²) >= 11 is 0. The first-order valence-corrected chi connectivity index (χ1v) is 7.63. The lowest BCUT2D eigenvalue weighted by molar-refractivity contribution is -0.118. The van der Waals surface area contributed by atoms with Gasteiger partial charge in [0.25, 0.3) is 5.91 Å². The number of hydrogen-bond acceptors (Lipinski definition) is 4. The lowest BCUT2D eigenvalue weighted by atomic mass is 10.1. The average molecular weight is 300 g/mol. The van der Waals surface area contributed by atoms with Gasteiger partial charge in [0, 0.05) is 23.7 Å². The number of benzene rings is 1. The Hall–Kier alpha value is -2.30. The number of methoxy groups -OCH3 is 1. The van der Waals surface area contributed by atoms with Gasteiger partial charge in [0.2, 0.25) is 0 Å². The van der Waals surface area contributed by atoms with Crippen LogP contribution in [0.3, 0.4) is 0 Å². The molecule has 0 unspecified atom stereocenters. The minimum atomic E-state index is -0.184. The van der Waals surface area contributed by atoms with E-state index in [1.54, 1.807) is 31.4 Å². The van der Waals surface area contributed by atoms with E-state index in [9.17, 15) is 9.59 Å². The molecule has 2 aliphatic rings. The third-order valence-electron chi connectivity index (χ3n) is 3.74. The molecule has 2 N–H and O–H groups in total. The maximum atomic E-state index is 12.3. The summed E-state index contributed by atoms with van der Waals surface area (Å²) in [5.74, 6) is 0.330. The van der Waals surface area contributed by atoms with Crippen molar-refractivity contribution in [3.05, 3.63) is 41.6 Å². The molecule has 1 amide bonds. The van der Waals surface area contributed by atoms with Crippen LogP contribution in [0.25, 0.3) is 0 Å². The Labute approximate surface area is 129 Å². The van der Waals surface area contributed by atoms with E-state index in [0.717, 1.165) is 25.7 Å². The highest BCUT2D eigenvalue weighted by Crippen LogP contribution is 2.22. The minimum Gasteiger partial charge on any atom is -0.497 e. The van der Waals surface area contributed by atoms with Crippen molar-refractivity contribution in [3.8, 4) is 5.75 Å². The van der Waals surface area contributed by atoms with Gasteiger partial charge in [-0.1, -0.05) is 0 Å². The Bertz CT molecular complexity index is 599. The Kier molecular flexibility index (Phi) is 4.13. The van der Waals surface area contributed by atoms with Crippen LogP contribution in [-0.2, 0) is 4.79 Å². The standard InChI is InChI=1S/C17H20N2O3/c1-22-14-8-2-11(3-9-14)16(20)10-15(18-12-4-5-12)17(21)19-13-6-7-13/h2-3,8-10,12-13,18H,4-7H2,1H3,(H,19,21)/b15-10+. The molecule has 3 rings (SSSR count). The molecule has 5 heteroatoms. The number of rotatable bonds is 7. The number of ether oxygens (including phenoxy) is 1. The van der Waals surface area contributed by atoms with Crippen molar-refractivity contribution < 1.29 is 14.3 Å². The second-order valence-corrected chi connectivity index (χ2v) is 5.82. The highest BCUT2D eigenvalue weighted by molar-refractivity contribution is 6.09. The average Bonchev–Trinajstić information content (AvgIpc) is 3.42. The van der Waals surface area contributed by atoms with Gasteiger partial charge in [-0.05, 0) is 49.9 Å². The van der Waals surface area contributed by atoms with Crippen LogP contribution in [0, 0.1) is 0 Å². The first-order chi connectivity index (χ1) is 10.7. The molecule has 5 nitrogen and oxygen atoms in total. The summed E-state index contributed by atoms with van der Waals surface area (Å²) in [5, 5.41) is 6.07. The molecule has 2 fully saturated rings. The summed E-state index contributed by atoms with van der Waals surface area (Å²) in [7, 11) is 1.58. The molecule has 1 aromatic carbocycles. The molecule has 22 heavy (non-hydrogen) atoms. The van der Waals surface area contributed by atoms with Crippen molar-refractivity contribution >= 4 is 11.7 Å². The molecule has 0 bridgehead atoms. The highest BCUT2D eigenvalue weighted by Gasteiger charge is 2.28. The minimum absolute atomic E-state index is 0.184. The summed E-state index contributed by atoms with van der Waals surface area (Å²) in [5.41, 5.74) is 0.908. The van der Waals surface area contributed by atoms with Gasteiger partial charge in [-0.15, -0.1) is 0 Å². The van der Waals surface area contributed by atoms with Crippen LogP contribution >= 0.6 is 0 Å². The number of nitrogens with one attached hydrogen (secondary N) is 2. The molecule has 0 spiro atoms. The van der Waals surface area contributed by atoms with Gasteiger partial charge in [0.05, 0.1) is 7.11 Å². The van der Waals surface area contributed by atoms with E-state index in [1.165, 1.54) is 6.08 Å². The lowest BCUT2D eigenvalue weighted by Crippen LogP contribution is -2.34. The van der Waals surface area contributed by atoms with Crippen LogP contribution in [0.15, 0.2) is 36.0 Å². The first-order valence-electron chi connectivity index (χ1n) is 7.63. The van der Waals surface area contributed by atoms with Crippen molar-refractivity contribution in [1.29, 1.82) is 0 Å². The van der Waals surface area contributed by atoms with E-state index >= 15 is 0 Å². The summed E-state index contributed by atoms with van der Waals surface area (Å²) in [6, 6.07) is 7.46. The number of ketones is 1. The van der Waals surface area contributed by atoms with Crippen LogP contribution < -0.4 is 15.4 Å². The number of carbonyl (C=O) groups is 2. The second kappa shape index (κ2) is 6.22. The number of amides is 1. The smallest absolute Gasteiger partial charge is 0.267 e. The Morgan fingerprint density at radius 3 is 2.18 bits per heavy atom. The zero-order valence-electron chi connectivity index (χ0n) is 12.6. The summed E-state index contributed by atoms with van der Waals surface area (Å²) in [6.07, 6.45) is 5.54. The molecule has 2 saturated carbocycles. The van der Waals surface area contributed by atoms with Gasteiger partial charge in [0.15, 0.2) is 5.78 Å². The van der Waals surface area contributed by atoms with Crippen molar-refractivity contribution in [3.63, 3.8) is 0 Å². The predicted octanol–water partition coefficient (Wildman–Crippen LogP) is 1.79. The van der Waals surface area contributed by atoms with Gasteiger partial charge in [0.1, 0.15) is 11.4 Å². The molecule has 0 radical (unpaired) electrons. The van der Waals surface area contributed by atoms with Gasteiger partial charge >= 0.3 is 0 Å². The molecule has 0 saturated heterocycles. The van der Waals surface area contributed by atoms with Crippen LogP contribution in [0.2, 0.25) is 0 Å². The fourth-order valence-corrected chi connectivity index (χ4v) is 2.08. The molecular formula is C17H20N2O3. The van der Waals surface area contributed by atoms with Crippen LogP contribution in [-0.4, -0.2) is 30.9 Å². The molecule has 0 atom stereocenters. The maximum absolute atomic E-state index is 12.3. The Balaban J connectivity index is 1.73. The number of allylic oxidation sites excluding steroid dienone is 1. The zero-order valence-corrected chi connectivity index (χ0v) is 12.6. The molecule has 1 aromatic rings. The highest BCUT2D eigenvalue weighted by atomic mass is 16.5. The second-order valence-electron chi connectivity index (χ2n) is 5.82. The molecule has 0 heterocycles. The van der Waals surface area contributed by atoms with E-state index in [2.05, 4.69) is 10.6 Å². The number of carbonyl (C=O) groups excluding carboxylic acids is 2. The molecule has 0 aliphatic heterocycles. The van der Waals surface area contributed by atoms with E-state index < -0.39 is 0 Å². The van der Waals surface area contributed by atoms with Crippen LogP contribution in [0.4, 0.5) is 0 Å². The first kappa shape index (κ1) is 14.6. The van der Waals surface area contributed by atoms with Crippen LogP contribution in [0.5, 0.6) is 5.75 Å². The Morgan fingerprint density at radius 1 is 1.05 bits per heavy atom. The summed E-state index contributed by atoms with van der Waals surface area (Å²) in [6.45, 7) is 0. The quantitative estimate of drug-likeness (QED) is 0.595. The van der Waals surface area contributed by atoms with Gasteiger partial charge in [-0.2, -0.15) is 0 Å². The van der Waals surface area contributed by atoms with Gasteiger partial charge in [-0.25, -0.2) is 0 Å². The van der Waals surface area contributed by atoms with Crippen LogP contribution in [0.1, 0.15) is 36.0 Å².